The number of carboxylic acids is 1. The van der Waals surface area contributed by atoms with E-state index in [0.717, 1.165) is 11.1 Å². The molecule has 3 nitrogen and oxygen atoms in total. The zero-order valence-corrected chi connectivity index (χ0v) is 14.5. The van der Waals surface area contributed by atoms with Crippen LogP contribution in [0.5, 0.6) is 0 Å². The Morgan fingerprint density at radius 3 is 2.08 bits per heavy atom. The predicted octanol–water partition coefficient (Wildman–Crippen LogP) is 4.70. The number of rotatable bonds is 5. The number of hydrogen-bond donors (Lipinski definition) is 1. The van der Waals surface area contributed by atoms with Gasteiger partial charge in [0, 0.05) is 17.9 Å². The molecule has 1 N–H and O–H groups in total. The van der Waals surface area contributed by atoms with Gasteiger partial charge >= 0.3 is 5.97 Å². The smallest absolute Gasteiger partial charge is 0.307 e. The van der Waals surface area contributed by atoms with Crippen LogP contribution in [-0.4, -0.2) is 16.9 Å². The first kappa shape index (κ1) is 17.2. The molecule has 3 heteroatoms. The molecule has 3 rings (SSSR count). The van der Waals surface area contributed by atoms with Gasteiger partial charge in [-0.15, -0.1) is 0 Å². The minimum absolute atomic E-state index is 0.0172. The molecule has 1 aliphatic rings. The average molecular weight is 334 g/mol. The number of aliphatic carboxylic acids is 1. The molecule has 0 radical (unpaired) electrons. The van der Waals surface area contributed by atoms with E-state index in [1.165, 1.54) is 0 Å². The van der Waals surface area contributed by atoms with Gasteiger partial charge in [-0.25, -0.2) is 0 Å². The van der Waals surface area contributed by atoms with Crippen LogP contribution in [0, 0.1) is 17.3 Å². The van der Waals surface area contributed by atoms with E-state index in [4.69, 9.17) is 0 Å². The number of carboxylic acid groups (broad SMARTS) is 1. The van der Waals surface area contributed by atoms with Crippen LogP contribution in [0.3, 0.4) is 0 Å². The predicted molar refractivity (Wildman–Crippen MR) is 98.2 cm³/mol. The molecule has 0 unspecified atom stereocenters. The summed E-state index contributed by atoms with van der Waals surface area (Å²) >= 11 is 0. The molecule has 0 spiro atoms. The quantitative estimate of drug-likeness (QED) is 0.806. The maximum Gasteiger partial charge on any atom is 0.307 e. The summed E-state index contributed by atoms with van der Waals surface area (Å²) in [7, 11) is 0. The van der Waals surface area contributed by atoms with Gasteiger partial charge in [0.25, 0.3) is 0 Å². The summed E-state index contributed by atoms with van der Waals surface area (Å²) in [5.74, 6) is -1.81. The first-order valence-electron chi connectivity index (χ1n) is 8.49. The van der Waals surface area contributed by atoms with E-state index in [1.807, 2.05) is 68.5 Å². The maximum atomic E-state index is 12.7. The molecule has 0 heterocycles. The molecule has 0 aliphatic heterocycles. The first-order chi connectivity index (χ1) is 11.9. The van der Waals surface area contributed by atoms with Crippen LogP contribution in [0.2, 0.25) is 0 Å². The van der Waals surface area contributed by atoms with Crippen molar-refractivity contribution in [1.29, 1.82) is 0 Å². The van der Waals surface area contributed by atoms with E-state index in [9.17, 15) is 14.7 Å². The van der Waals surface area contributed by atoms with Crippen LogP contribution in [0.15, 0.2) is 66.7 Å². The van der Waals surface area contributed by atoms with E-state index >= 15 is 0 Å². The van der Waals surface area contributed by atoms with Gasteiger partial charge in [-0.3, -0.25) is 9.59 Å². The van der Waals surface area contributed by atoms with Crippen LogP contribution in [0.4, 0.5) is 0 Å². The number of carbonyl (C=O) groups excluding carboxylic acids is 1. The van der Waals surface area contributed by atoms with Crippen molar-refractivity contribution in [2.45, 2.75) is 20.3 Å². The lowest BCUT2D eigenvalue weighted by atomic mass is 9.74. The summed E-state index contributed by atoms with van der Waals surface area (Å²) < 4.78 is 0. The summed E-state index contributed by atoms with van der Waals surface area (Å²) in [6, 6.07) is 18.9. The molecular formula is C22H22O3. The molecule has 2 aromatic carbocycles. The third-order valence-electron chi connectivity index (χ3n) is 5.01. The van der Waals surface area contributed by atoms with Gasteiger partial charge in [-0.05, 0) is 16.6 Å². The summed E-state index contributed by atoms with van der Waals surface area (Å²) in [6.45, 7) is 3.86. The van der Waals surface area contributed by atoms with Crippen molar-refractivity contribution in [3.63, 3.8) is 0 Å². The number of Topliss-reactive ketones (excluding diaryl/α,β-unsaturated/α-hetero) is 1. The van der Waals surface area contributed by atoms with Crippen LogP contribution >= 0.6 is 0 Å². The van der Waals surface area contributed by atoms with Crippen molar-refractivity contribution in [3.05, 3.63) is 77.9 Å². The van der Waals surface area contributed by atoms with Gasteiger partial charge in [0.05, 0.1) is 5.92 Å². The number of carbonyl (C=O) groups is 2. The second kappa shape index (κ2) is 6.67. The molecule has 0 fully saturated rings. The Balaban J connectivity index is 1.98. The highest BCUT2D eigenvalue weighted by molar-refractivity contribution is 5.98. The van der Waals surface area contributed by atoms with Crippen LogP contribution in [0.1, 0.15) is 36.2 Å². The number of allylic oxidation sites excluding steroid dienone is 2. The lowest BCUT2D eigenvalue weighted by molar-refractivity contribution is -0.145. The normalized spacial score (nSPS) is 21.6. The highest BCUT2D eigenvalue weighted by atomic mass is 16.4. The minimum atomic E-state index is -0.849. The number of benzene rings is 2. The van der Waals surface area contributed by atoms with E-state index in [0.29, 0.717) is 5.56 Å². The van der Waals surface area contributed by atoms with Gasteiger partial charge in [0.2, 0.25) is 0 Å². The molecule has 2 aromatic rings. The molecule has 1 aliphatic carbocycles. The minimum Gasteiger partial charge on any atom is -0.481 e. The lowest BCUT2D eigenvalue weighted by Gasteiger charge is -2.27. The number of ketones is 1. The van der Waals surface area contributed by atoms with E-state index in [-0.39, 0.29) is 18.1 Å². The maximum absolute atomic E-state index is 12.7. The Labute approximate surface area is 148 Å². The standard InChI is InChI=1S/C22H22O3/c1-22(2)14-18(15-9-5-3-6-10-15)17(20(22)21(24)25)13-19(23)16-11-7-4-8-12-16/h3-12,14,17,20H,13H2,1-2H3,(H,24,25)/t17-,20-/m0/s1. The Morgan fingerprint density at radius 2 is 1.52 bits per heavy atom. The van der Waals surface area contributed by atoms with Gasteiger partial charge in [0.1, 0.15) is 0 Å². The Morgan fingerprint density at radius 1 is 0.960 bits per heavy atom. The fourth-order valence-electron chi connectivity index (χ4n) is 3.88. The highest BCUT2D eigenvalue weighted by Gasteiger charge is 2.47. The fourth-order valence-corrected chi connectivity index (χ4v) is 3.88. The Kier molecular flexibility index (Phi) is 4.58. The van der Waals surface area contributed by atoms with Crippen molar-refractivity contribution in [3.8, 4) is 0 Å². The third-order valence-corrected chi connectivity index (χ3v) is 5.01. The van der Waals surface area contributed by atoms with E-state index in [2.05, 4.69) is 0 Å². The summed E-state index contributed by atoms with van der Waals surface area (Å²) in [5, 5.41) is 9.82. The monoisotopic (exact) mass is 334 g/mol. The van der Waals surface area contributed by atoms with Crippen molar-refractivity contribution in [2.24, 2.45) is 17.3 Å². The average Bonchev–Trinajstić information content (AvgIpc) is 2.87. The van der Waals surface area contributed by atoms with Crippen molar-refractivity contribution in [1.82, 2.24) is 0 Å². The van der Waals surface area contributed by atoms with E-state index < -0.39 is 17.3 Å². The molecule has 0 saturated carbocycles. The topological polar surface area (TPSA) is 54.4 Å². The second-order valence-electron chi connectivity index (χ2n) is 7.20. The van der Waals surface area contributed by atoms with Crippen molar-refractivity contribution in [2.75, 3.05) is 0 Å². The molecule has 2 atom stereocenters. The van der Waals surface area contributed by atoms with Crippen LogP contribution in [0.25, 0.3) is 5.57 Å². The largest absolute Gasteiger partial charge is 0.481 e. The lowest BCUT2D eigenvalue weighted by Crippen LogP contribution is -2.32. The second-order valence-corrected chi connectivity index (χ2v) is 7.20. The van der Waals surface area contributed by atoms with Gasteiger partial charge in [0.15, 0.2) is 5.78 Å². The highest BCUT2D eigenvalue weighted by Crippen LogP contribution is 2.50. The van der Waals surface area contributed by atoms with Crippen LogP contribution < -0.4 is 0 Å². The SMILES string of the molecule is CC1(C)C=C(c2ccccc2)[C@H](CC(=O)c2ccccc2)[C@H]1C(=O)O. The summed E-state index contributed by atoms with van der Waals surface area (Å²) in [4.78, 5) is 24.7. The van der Waals surface area contributed by atoms with Crippen LogP contribution in [-0.2, 0) is 4.79 Å². The summed E-state index contributed by atoms with van der Waals surface area (Å²) in [6.07, 6.45) is 2.23. The fraction of sp³-hybridized carbons (Fsp3) is 0.273. The molecular weight excluding hydrogens is 312 g/mol. The molecule has 25 heavy (non-hydrogen) atoms. The Bertz CT molecular complexity index is 804. The van der Waals surface area contributed by atoms with Gasteiger partial charge < -0.3 is 5.11 Å². The Hall–Kier alpha value is -2.68. The summed E-state index contributed by atoms with van der Waals surface area (Å²) in [5.41, 5.74) is 2.08. The van der Waals surface area contributed by atoms with Crippen molar-refractivity contribution < 1.29 is 14.7 Å². The number of hydrogen-bond acceptors (Lipinski definition) is 2. The van der Waals surface area contributed by atoms with Crippen molar-refractivity contribution >= 4 is 17.3 Å². The molecule has 128 valence electrons. The molecule has 0 bridgehead atoms. The zero-order chi connectivity index (χ0) is 18.0. The third kappa shape index (κ3) is 3.41. The molecule has 0 saturated heterocycles. The van der Waals surface area contributed by atoms with Gasteiger partial charge in [-0.2, -0.15) is 0 Å². The zero-order valence-electron chi connectivity index (χ0n) is 14.5. The first-order valence-corrected chi connectivity index (χ1v) is 8.49. The van der Waals surface area contributed by atoms with E-state index in [1.54, 1.807) is 12.1 Å². The molecule has 0 amide bonds. The molecule has 0 aromatic heterocycles. The van der Waals surface area contributed by atoms with Gasteiger partial charge in [-0.1, -0.05) is 80.6 Å².